The Labute approximate surface area is 99.0 Å². The average Bonchev–Trinajstić information content (AvgIpc) is 2.74. The molecule has 0 aromatic carbocycles. The van der Waals surface area contributed by atoms with E-state index in [0.29, 0.717) is 17.0 Å². The number of carbonyl (C=O) groups is 2. The van der Waals surface area contributed by atoms with Gasteiger partial charge in [0.1, 0.15) is 0 Å². The van der Waals surface area contributed by atoms with E-state index >= 15 is 0 Å². The molecule has 5 heteroatoms. The summed E-state index contributed by atoms with van der Waals surface area (Å²) in [5, 5.41) is 7.54. The number of hydrogen-bond acceptors (Lipinski definition) is 4. The quantitative estimate of drug-likeness (QED) is 0.762. The molecule has 0 fully saturated rings. The van der Waals surface area contributed by atoms with Crippen LogP contribution in [0, 0.1) is 0 Å². The van der Waals surface area contributed by atoms with Gasteiger partial charge in [-0.05, 0) is 27.0 Å². The first-order chi connectivity index (χ1) is 7.54. The molecule has 0 aliphatic rings. The fourth-order valence-corrected chi connectivity index (χ4v) is 1.94. The summed E-state index contributed by atoms with van der Waals surface area (Å²) in [7, 11) is 1.84. The lowest BCUT2D eigenvalue weighted by Crippen LogP contribution is -2.36. The summed E-state index contributed by atoms with van der Waals surface area (Å²) in [5.74, 6) is -0.140. The fraction of sp³-hybridized carbons (Fsp3) is 0.455. The van der Waals surface area contributed by atoms with Gasteiger partial charge < -0.3 is 10.6 Å². The first-order valence-corrected chi connectivity index (χ1v) is 5.97. The van der Waals surface area contributed by atoms with E-state index in [1.807, 2.05) is 14.0 Å². The van der Waals surface area contributed by atoms with Crippen LogP contribution in [-0.2, 0) is 0 Å². The highest BCUT2D eigenvalue weighted by Crippen LogP contribution is 2.14. The number of thiophene rings is 1. The maximum Gasteiger partial charge on any atom is 0.261 e. The second kappa shape index (κ2) is 5.77. The third-order valence-electron chi connectivity index (χ3n) is 2.29. The molecular weight excluding hydrogens is 224 g/mol. The number of nitrogens with one attached hydrogen (secondary N) is 2. The molecule has 2 N–H and O–H groups in total. The van der Waals surface area contributed by atoms with Gasteiger partial charge in [-0.25, -0.2) is 0 Å². The summed E-state index contributed by atoms with van der Waals surface area (Å²) in [6.45, 7) is 4.05. The Morgan fingerprint density at radius 2 is 2.19 bits per heavy atom. The van der Waals surface area contributed by atoms with Crippen LogP contribution < -0.4 is 10.6 Å². The van der Waals surface area contributed by atoms with Crippen LogP contribution in [0.4, 0.5) is 0 Å². The van der Waals surface area contributed by atoms with Crippen molar-refractivity contribution in [2.24, 2.45) is 0 Å². The van der Waals surface area contributed by atoms with Crippen molar-refractivity contribution in [3.8, 4) is 0 Å². The number of likely N-dealkylation sites (N-methyl/N-ethyl adjacent to an activating group) is 1. The van der Waals surface area contributed by atoms with E-state index in [9.17, 15) is 9.59 Å². The summed E-state index contributed by atoms with van der Waals surface area (Å²) in [6.07, 6.45) is 0. The molecule has 0 bridgehead atoms. The zero-order valence-electron chi connectivity index (χ0n) is 9.66. The van der Waals surface area contributed by atoms with Crippen molar-refractivity contribution in [1.29, 1.82) is 0 Å². The first-order valence-electron chi connectivity index (χ1n) is 5.09. The van der Waals surface area contributed by atoms with Crippen LogP contribution in [0.3, 0.4) is 0 Å². The number of hydrogen-bond donors (Lipinski definition) is 2. The van der Waals surface area contributed by atoms with Crippen molar-refractivity contribution < 1.29 is 9.59 Å². The molecule has 16 heavy (non-hydrogen) atoms. The molecule has 88 valence electrons. The predicted molar refractivity (Wildman–Crippen MR) is 65.2 cm³/mol. The van der Waals surface area contributed by atoms with Gasteiger partial charge in [-0.3, -0.25) is 9.59 Å². The Hall–Kier alpha value is -1.20. The van der Waals surface area contributed by atoms with Crippen molar-refractivity contribution in [1.82, 2.24) is 10.6 Å². The maximum absolute atomic E-state index is 11.7. The molecule has 0 aliphatic heterocycles. The minimum absolute atomic E-state index is 0.0149. The zero-order chi connectivity index (χ0) is 12.1. The fourth-order valence-electron chi connectivity index (χ4n) is 1.07. The van der Waals surface area contributed by atoms with Gasteiger partial charge in [-0.2, -0.15) is 0 Å². The highest BCUT2D eigenvalue weighted by atomic mass is 32.1. The summed E-state index contributed by atoms with van der Waals surface area (Å²) in [6, 6.07) is 1.86. The minimum Gasteiger partial charge on any atom is -0.350 e. The van der Waals surface area contributed by atoms with Crippen molar-refractivity contribution in [3.05, 3.63) is 21.9 Å². The molecule has 0 aliphatic carbocycles. The van der Waals surface area contributed by atoms with Gasteiger partial charge in [0.25, 0.3) is 5.91 Å². The Balaban J connectivity index is 2.56. The lowest BCUT2D eigenvalue weighted by atomic mass is 10.2. The van der Waals surface area contributed by atoms with E-state index in [4.69, 9.17) is 0 Å². The molecule has 1 rings (SSSR count). The average molecular weight is 240 g/mol. The smallest absolute Gasteiger partial charge is 0.261 e. The maximum atomic E-state index is 11.7. The molecule has 4 nitrogen and oxygen atoms in total. The number of carbonyl (C=O) groups excluding carboxylic acids is 2. The van der Waals surface area contributed by atoms with E-state index in [-0.39, 0.29) is 17.7 Å². The van der Waals surface area contributed by atoms with E-state index in [2.05, 4.69) is 10.6 Å². The molecule has 0 spiro atoms. The molecule has 0 saturated carbocycles. The van der Waals surface area contributed by atoms with Gasteiger partial charge in [0.05, 0.1) is 4.88 Å². The van der Waals surface area contributed by atoms with Crippen LogP contribution in [0.2, 0.25) is 0 Å². The third kappa shape index (κ3) is 3.43. The lowest BCUT2D eigenvalue weighted by molar-refractivity contribution is 0.0954. The van der Waals surface area contributed by atoms with Crippen molar-refractivity contribution in [2.75, 3.05) is 13.6 Å². The van der Waals surface area contributed by atoms with Crippen molar-refractivity contribution in [2.45, 2.75) is 19.9 Å². The second-order valence-electron chi connectivity index (χ2n) is 3.66. The SMILES string of the molecule is CNC(C)CNC(=O)c1cc(C(C)=O)cs1. The van der Waals surface area contributed by atoms with Crippen molar-refractivity contribution >= 4 is 23.0 Å². The Morgan fingerprint density at radius 1 is 1.50 bits per heavy atom. The summed E-state index contributed by atoms with van der Waals surface area (Å²) >= 11 is 1.29. The Morgan fingerprint density at radius 3 is 2.69 bits per heavy atom. The minimum atomic E-state index is -0.125. The van der Waals surface area contributed by atoms with Gasteiger partial charge in [-0.1, -0.05) is 0 Å². The van der Waals surface area contributed by atoms with Gasteiger partial charge in [0.2, 0.25) is 0 Å². The standard InChI is InChI=1S/C11H16N2O2S/c1-7(12-3)5-13-11(15)10-4-9(6-16-10)8(2)14/h4,6-7,12H,5H2,1-3H3,(H,13,15). The molecule has 1 aromatic rings. The van der Waals surface area contributed by atoms with E-state index < -0.39 is 0 Å². The monoisotopic (exact) mass is 240 g/mol. The van der Waals surface area contributed by atoms with Gasteiger partial charge >= 0.3 is 0 Å². The molecule has 1 amide bonds. The normalized spacial score (nSPS) is 12.2. The summed E-state index contributed by atoms with van der Waals surface area (Å²) in [4.78, 5) is 23.3. The molecule has 1 heterocycles. The number of ketones is 1. The van der Waals surface area contributed by atoms with Crippen LogP contribution in [-0.4, -0.2) is 31.3 Å². The van der Waals surface area contributed by atoms with E-state index in [1.165, 1.54) is 18.3 Å². The van der Waals surface area contributed by atoms with Gasteiger partial charge in [0.15, 0.2) is 5.78 Å². The highest BCUT2D eigenvalue weighted by Gasteiger charge is 2.11. The number of rotatable bonds is 5. The molecule has 0 saturated heterocycles. The third-order valence-corrected chi connectivity index (χ3v) is 3.22. The molecule has 1 unspecified atom stereocenters. The van der Waals surface area contributed by atoms with Crippen LogP contribution in [0.25, 0.3) is 0 Å². The molecular formula is C11H16N2O2S. The van der Waals surface area contributed by atoms with Crippen LogP contribution in [0.15, 0.2) is 11.4 Å². The van der Waals surface area contributed by atoms with Crippen LogP contribution in [0.5, 0.6) is 0 Å². The lowest BCUT2D eigenvalue weighted by Gasteiger charge is -2.10. The summed E-state index contributed by atoms with van der Waals surface area (Å²) in [5.41, 5.74) is 0.594. The zero-order valence-corrected chi connectivity index (χ0v) is 10.5. The molecule has 1 atom stereocenters. The number of Topliss-reactive ketones (excluding diaryl/α,β-unsaturated/α-hetero) is 1. The molecule has 1 aromatic heterocycles. The van der Waals surface area contributed by atoms with Crippen molar-refractivity contribution in [3.63, 3.8) is 0 Å². The predicted octanol–water partition coefficient (Wildman–Crippen LogP) is 1.29. The van der Waals surface area contributed by atoms with Gasteiger partial charge in [-0.15, -0.1) is 11.3 Å². The van der Waals surface area contributed by atoms with E-state index in [0.717, 1.165) is 0 Å². The van der Waals surface area contributed by atoms with E-state index in [1.54, 1.807) is 11.4 Å². The largest absolute Gasteiger partial charge is 0.350 e. The van der Waals surface area contributed by atoms with Crippen LogP contribution >= 0.6 is 11.3 Å². The number of amides is 1. The Kier molecular flexibility index (Phi) is 4.64. The molecule has 0 radical (unpaired) electrons. The Bertz CT molecular complexity index is 387. The van der Waals surface area contributed by atoms with Crippen LogP contribution in [0.1, 0.15) is 33.9 Å². The van der Waals surface area contributed by atoms with Gasteiger partial charge in [0, 0.05) is 23.5 Å². The summed E-state index contributed by atoms with van der Waals surface area (Å²) < 4.78 is 0. The first kappa shape index (κ1) is 12.9. The highest BCUT2D eigenvalue weighted by molar-refractivity contribution is 7.12. The topological polar surface area (TPSA) is 58.2 Å². The second-order valence-corrected chi connectivity index (χ2v) is 4.57.